The molecule has 0 aliphatic carbocycles. The van der Waals surface area contributed by atoms with Gasteiger partial charge < -0.3 is 9.47 Å². The molecule has 0 saturated heterocycles. The van der Waals surface area contributed by atoms with Crippen LogP contribution in [0.15, 0.2) is 53.9 Å². The van der Waals surface area contributed by atoms with Crippen molar-refractivity contribution in [1.82, 2.24) is 14.6 Å². The summed E-state index contributed by atoms with van der Waals surface area (Å²) in [6, 6.07) is 14.6. The van der Waals surface area contributed by atoms with Crippen molar-refractivity contribution in [3.63, 3.8) is 0 Å². The molecule has 1 N–H and O–H groups in total. The number of anilines is 1. The summed E-state index contributed by atoms with van der Waals surface area (Å²) < 4.78 is 12.2. The van der Waals surface area contributed by atoms with Crippen LogP contribution < -0.4 is 14.8 Å². The number of fused-ring (bicyclic) bond motifs is 1. The van der Waals surface area contributed by atoms with Gasteiger partial charge in [-0.1, -0.05) is 6.07 Å². The molecule has 3 aromatic heterocycles. The number of benzene rings is 1. The Labute approximate surface area is 159 Å². The maximum Gasteiger partial charge on any atom is 0.258 e. The lowest BCUT2D eigenvalue weighted by Crippen LogP contribution is -2.13. The summed E-state index contributed by atoms with van der Waals surface area (Å²) in [4.78, 5) is 18.0. The zero-order chi connectivity index (χ0) is 18.8. The van der Waals surface area contributed by atoms with Gasteiger partial charge in [0.05, 0.1) is 24.8 Å². The Morgan fingerprint density at radius 2 is 1.89 bits per heavy atom. The van der Waals surface area contributed by atoms with Gasteiger partial charge in [0.25, 0.3) is 5.91 Å². The van der Waals surface area contributed by atoms with E-state index in [4.69, 9.17) is 9.47 Å². The number of methoxy groups -OCH3 is 2. The summed E-state index contributed by atoms with van der Waals surface area (Å²) in [7, 11) is 3.15. The van der Waals surface area contributed by atoms with E-state index in [0.29, 0.717) is 22.7 Å². The molecule has 136 valence electrons. The lowest BCUT2D eigenvalue weighted by atomic mass is 10.2. The number of nitrogens with zero attached hydrogens (tertiary/aromatic N) is 3. The molecule has 27 heavy (non-hydrogen) atoms. The van der Waals surface area contributed by atoms with Gasteiger partial charge in [-0.3, -0.25) is 10.1 Å². The Hall–Kier alpha value is -3.39. The minimum Gasteiger partial charge on any atom is -0.497 e. The quantitative estimate of drug-likeness (QED) is 0.571. The van der Waals surface area contributed by atoms with Gasteiger partial charge in [0.1, 0.15) is 5.75 Å². The monoisotopic (exact) mass is 380 g/mol. The van der Waals surface area contributed by atoms with Crippen LogP contribution in [0.1, 0.15) is 10.4 Å². The molecule has 0 aliphatic heterocycles. The standard InChI is InChI=1S/C19H16N4O3S/c1-25-13-7-5-12(6-8-13)18(24)21-19-20-17-15(26-2)10-9-14(23(17)22-19)16-4-3-11-27-16/h3-11H,1-2H3,(H,21,22,24). The molecule has 0 fully saturated rings. The zero-order valence-corrected chi connectivity index (χ0v) is 15.5. The topological polar surface area (TPSA) is 77.8 Å². The lowest BCUT2D eigenvalue weighted by molar-refractivity contribution is 0.102. The Kier molecular flexibility index (Phi) is 4.47. The van der Waals surface area contributed by atoms with Crippen LogP contribution in [0.2, 0.25) is 0 Å². The summed E-state index contributed by atoms with van der Waals surface area (Å²) in [5.74, 6) is 1.17. The van der Waals surface area contributed by atoms with Crippen LogP contribution in [-0.2, 0) is 0 Å². The molecule has 1 amide bonds. The molecule has 8 heteroatoms. The molecular weight excluding hydrogens is 364 g/mol. The number of thiophene rings is 1. The van der Waals surface area contributed by atoms with Crippen LogP contribution in [0, 0.1) is 0 Å². The normalized spacial score (nSPS) is 10.7. The van der Waals surface area contributed by atoms with E-state index in [1.807, 2.05) is 29.6 Å². The highest BCUT2D eigenvalue weighted by Gasteiger charge is 2.16. The first-order valence-corrected chi connectivity index (χ1v) is 9.00. The number of carbonyl (C=O) groups excluding carboxylic acids is 1. The number of ether oxygens (including phenoxy) is 2. The number of carbonyl (C=O) groups is 1. The first kappa shape index (κ1) is 17.0. The number of hydrogen-bond acceptors (Lipinski definition) is 6. The lowest BCUT2D eigenvalue weighted by Gasteiger charge is -2.05. The molecule has 0 spiro atoms. The van der Waals surface area contributed by atoms with Gasteiger partial charge in [-0.2, -0.15) is 4.98 Å². The fourth-order valence-corrected chi connectivity index (χ4v) is 3.41. The third-order valence-corrected chi connectivity index (χ3v) is 4.91. The summed E-state index contributed by atoms with van der Waals surface area (Å²) in [6.45, 7) is 0. The van der Waals surface area contributed by atoms with Crippen molar-refractivity contribution in [1.29, 1.82) is 0 Å². The van der Waals surface area contributed by atoms with Crippen LogP contribution in [0.5, 0.6) is 11.5 Å². The van der Waals surface area contributed by atoms with Crippen molar-refractivity contribution in [2.45, 2.75) is 0 Å². The van der Waals surface area contributed by atoms with Gasteiger partial charge in [0.2, 0.25) is 5.95 Å². The third kappa shape index (κ3) is 3.22. The second-order valence-corrected chi connectivity index (χ2v) is 6.57. The fraction of sp³-hybridized carbons (Fsp3) is 0.105. The minimum absolute atomic E-state index is 0.207. The summed E-state index contributed by atoms with van der Waals surface area (Å²) in [5, 5.41) is 9.18. The van der Waals surface area contributed by atoms with Crippen molar-refractivity contribution in [3.8, 4) is 22.1 Å². The van der Waals surface area contributed by atoms with Crippen molar-refractivity contribution in [2.24, 2.45) is 0 Å². The van der Waals surface area contributed by atoms with Gasteiger partial charge in [-0.25, -0.2) is 4.52 Å². The van der Waals surface area contributed by atoms with Crippen molar-refractivity contribution < 1.29 is 14.3 Å². The number of amides is 1. The number of rotatable bonds is 5. The van der Waals surface area contributed by atoms with E-state index in [1.54, 1.807) is 54.3 Å². The molecule has 0 unspecified atom stereocenters. The van der Waals surface area contributed by atoms with Gasteiger partial charge >= 0.3 is 0 Å². The average Bonchev–Trinajstić information content (AvgIpc) is 3.37. The molecule has 3 heterocycles. The number of nitrogens with one attached hydrogen (secondary N) is 1. The van der Waals surface area contributed by atoms with Crippen molar-refractivity contribution in [2.75, 3.05) is 19.5 Å². The molecule has 4 rings (SSSR count). The van der Waals surface area contributed by atoms with Crippen molar-refractivity contribution in [3.05, 3.63) is 59.5 Å². The summed E-state index contributed by atoms with van der Waals surface area (Å²) >= 11 is 1.60. The van der Waals surface area contributed by atoms with Crippen LogP contribution >= 0.6 is 11.3 Å². The van der Waals surface area contributed by atoms with E-state index in [1.165, 1.54) is 0 Å². The molecule has 0 atom stereocenters. The second kappa shape index (κ2) is 7.08. The largest absolute Gasteiger partial charge is 0.497 e. The Morgan fingerprint density at radius 3 is 2.56 bits per heavy atom. The van der Waals surface area contributed by atoms with E-state index >= 15 is 0 Å². The molecule has 7 nitrogen and oxygen atoms in total. The second-order valence-electron chi connectivity index (χ2n) is 5.62. The van der Waals surface area contributed by atoms with Crippen LogP contribution in [0.25, 0.3) is 16.2 Å². The van der Waals surface area contributed by atoms with E-state index in [-0.39, 0.29) is 11.9 Å². The highest BCUT2D eigenvalue weighted by molar-refractivity contribution is 7.13. The van der Waals surface area contributed by atoms with Gasteiger partial charge in [-0.05, 0) is 47.8 Å². The van der Waals surface area contributed by atoms with Crippen LogP contribution in [0.4, 0.5) is 5.95 Å². The predicted octanol–water partition coefficient (Wildman–Crippen LogP) is 3.73. The number of pyridine rings is 1. The Bertz CT molecular complexity index is 1090. The van der Waals surface area contributed by atoms with Gasteiger partial charge in [-0.15, -0.1) is 16.4 Å². The highest BCUT2D eigenvalue weighted by Crippen LogP contribution is 2.29. The first-order chi connectivity index (χ1) is 13.2. The van der Waals surface area contributed by atoms with Crippen LogP contribution in [0.3, 0.4) is 0 Å². The summed E-state index contributed by atoms with van der Waals surface area (Å²) in [6.07, 6.45) is 0. The van der Waals surface area contributed by atoms with E-state index < -0.39 is 0 Å². The Morgan fingerprint density at radius 1 is 1.07 bits per heavy atom. The van der Waals surface area contributed by atoms with Gasteiger partial charge in [0.15, 0.2) is 11.4 Å². The molecule has 0 bridgehead atoms. The summed E-state index contributed by atoms with van der Waals surface area (Å²) in [5.41, 5.74) is 1.90. The highest BCUT2D eigenvalue weighted by atomic mass is 32.1. The maximum atomic E-state index is 12.5. The smallest absolute Gasteiger partial charge is 0.258 e. The van der Waals surface area contributed by atoms with Crippen LogP contribution in [-0.4, -0.2) is 34.7 Å². The Balaban J connectivity index is 1.70. The minimum atomic E-state index is -0.301. The zero-order valence-electron chi connectivity index (χ0n) is 14.7. The van der Waals surface area contributed by atoms with E-state index in [2.05, 4.69) is 15.4 Å². The van der Waals surface area contributed by atoms with Crippen molar-refractivity contribution >= 4 is 28.8 Å². The van der Waals surface area contributed by atoms with E-state index in [0.717, 1.165) is 10.6 Å². The van der Waals surface area contributed by atoms with Gasteiger partial charge in [0, 0.05) is 5.56 Å². The number of hydrogen-bond donors (Lipinski definition) is 1. The third-order valence-electron chi connectivity index (χ3n) is 4.02. The molecule has 1 aromatic carbocycles. The predicted molar refractivity (Wildman–Crippen MR) is 104 cm³/mol. The molecular formula is C19H16N4O3S. The first-order valence-electron chi connectivity index (χ1n) is 8.12. The van der Waals surface area contributed by atoms with E-state index in [9.17, 15) is 4.79 Å². The average molecular weight is 380 g/mol. The fourth-order valence-electron chi connectivity index (χ4n) is 2.68. The molecule has 0 radical (unpaired) electrons. The molecule has 0 aliphatic rings. The maximum absolute atomic E-state index is 12.5. The molecule has 4 aromatic rings. The molecule has 0 saturated carbocycles. The number of aromatic nitrogens is 3. The SMILES string of the molecule is COc1ccc(C(=O)Nc2nc3c(OC)ccc(-c4cccs4)n3n2)cc1.